The summed E-state index contributed by atoms with van der Waals surface area (Å²) in [6.07, 6.45) is 1.77. The molecule has 0 bridgehead atoms. The van der Waals surface area contributed by atoms with Gasteiger partial charge < -0.3 is 14.8 Å². The normalized spacial score (nSPS) is 10.4. The predicted molar refractivity (Wildman–Crippen MR) is 98.2 cm³/mol. The van der Waals surface area contributed by atoms with Crippen LogP contribution in [0.2, 0.25) is 5.02 Å². The summed E-state index contributed by atoms with van der Waals surface area (Å²) in [6.45, 7) is 1.03. The Morgan fingerprint density at radius 3 is 2.83 bits per heavy atom. The summed E-state index contributed by atoms with van der Waals surface area (Å²) >= 11 is 7.59. The highest BCUT2D eigenvalue weighted by molar-refractivity contribution is 7.13. The molecule has 0 unspecified atom stereocenters. The highest BCUT2D eigenvalue weighted by Crippen LogP contribution is 2.32. The number of para-hydroxylation sites is 1. The second-order valence-corrected chi connectivity index (χ2v) is 6.39. The number of methoxy groups -OCH3 is 1. The van der Waals surface area contributed by atoms with Crippen molar-refractivity contribution in [3.63, 3.8) is 0 Å². The first kappa shape index (κ1) is 16.6. The molecule has 0 aliphatic carbocycles. The minimum atomic E-state index is 0.422. The van der Waals surface area contributed by atoms with Crippen molar-refractivity contribution >= 4 is 28.1 Å². The Bertz CT molecular complexity index is 793. The third kappa shape index (κ3) is 4.19. The Labute approximate surface area is 150 Å². The van der Waals surface area contributed by atoms with Gasteiger partial charge in [0.15, 0.2) is 16.6 Å². The van der Waals surface area contributed by atoms with Gasteiger partial charge in [0.1, 0.15) is 6.61 Å². The number of nitrogens with one attached hydrogen (secondary N) is 1. The first-order valence-electron chi connectivity index (χ1n) is 7.43. The highest BCUT2D eigenvalue weighted by atomic mass is 35.5. The molecular weight excluding hydrogens is 344 g/mol. The van der Waals surface area contributed by atoms with Crippen LogP contribution in [0, 0.1) is 0 Å². The predicted octanol–water partition coefficient (Wildman–Crippen LogP) is 5.00. The minimum Gasteiger partial charge on any atom is -0.493 e. The Hall–Kier alpha value is -2.24. The van der Waals surface area contributed by atoms with Crippen molar-refractivity contribution in [1.29, 1.82) is 0 Å². The van der Waals surface area contributed by atoms with Gasteiger partial charge in [-0.15, -0.1) is 11.3 Å². The number of benzene rings is 2. The summed E-state index contributed by atoms with van der Waals surface area (Å²) < 4.78 is 11.5. The SMILES string of the molecule is COc1cccc(CNc2nccs2)c1OCc1cccc(Cl)c1. The molecule has 4 nitrogen and oxygen atoms in total. The summed E-state index contributed by atoms with van der Waals surface area (Å²) in [7, 11) is 1.64. The van der Waals surface area contributed by atoms with E-state index in [0.29, 0.717) is 23.9 Å². The summed E-state index contributed by atoms with van der Waals surface area (Å²) in [4.78, 5) is 4.23. The van der Waals surface area contributed by atoms with E-state index in [4.69, 9.17) is 21.1 Å². The van der Waals surface area contributed by atoms with Gasteiger partial charge in [0.25, 0.3) is 0 Å². The summed E-state index contributed by atoms with van der Waals surface area (Å²) in [6, 6.07) is 13.5. The van der Waals surface area contributed by atoms with Crippen LogP contribution in [0.5, 0.6) is 11.5 Å². The van der Waals surface area contributed by atoms with E-state index in [9.17, 15) is 0 Å². The Morgan fingerprint density at radius 1 is 1.21 bits per heavy atom. The molecule has 0 fully saturated rings. The standard InChI is InChI=1S/C18H17ClN2O2S/c1-22-16-7-3-5-14(11-21-18-20-8-9-24-18)17(16)23-12-13-4-2-6-15(19)10-13/h2-10H,11-12H2,1H3,(H,20,21). The van der Waals surface area contributed by atoms with E-state index in [1.807, 2.05) is 47.8 Å². The van der Waals surface area contributed by atoms with Gasteiger partial charge in [-0.05, 0) is 23.8 Å². The smallest absolute Gasteiger partial charge is 0.182 e. The van der Waals surface area contributed by atoms with Crippen LogP contribution >= 0.6 is 22.9 Å². The quantitative estimate of drug-likeness (QED) is 0.644. The number of rotatable bonds is 7. The lowest BCUT2D eigenvalue weighted by atomic mass is 10.1. The van der Waals surface area contributed by atoms with Crippen molar-refractivity contribution < 1.29 is 9.47 Å². The molecule has 0 saturated carbocycles. The largest absolute Gasteiger partial charge is 0.493 e. The second kappa shape index (κ2) is 8.04. The Balaban J connectivity index is 1.76. The molecule has 6 heteroatoms. The van der Waals surface area contributed by atoms with E-state index < -0.39 is 0 Å². The van der Waals surface area contributed by atoms with Gasteiger partial charge in [-0.25, -0.2) is 4.98 Å². The van der Waals surface area contributed by atoms with E-state index >= 15 is 0 Å². The molecule has 24 heavy (non-hydrogen) atoms. The first-order chi connectivity index (χ1) is 11.8. The van der Waals surface area contributed by atoms with Crippen molar-refractivity contribution in [3.05, 3.63) is 70.2 Å². The molecule has 1 aromatic heterocycles. The zero-order chi connectivity index (χ0) is 16.8. The molecular formula is C18H17ClN2O2S. The molecule has 3 rings (SSSR count). The summed E-state index contributed by atoms with van der Waals surface area (Å²) in [5.74, 6) is 1.43. The average Bonchev–Trinajstić information content (AvgIpc) is 3.12. The summed E-state index contributed by atoms with van der Waals surface area (Å²) in [5, 5.41) is 6.80. The molecule has 2 aromatic carbocycles. The van der Waals surface area contributed by atoms with Gasteiger partial charge >= 0.3 is 0 Å². The molecule has 0 aliphatic rings. The molecule has 124 valence electrons. The average molecular weight is 361 g/mol. The molecule has 0 saturated heterocycles. The van der Waals surface area contributed by atoms with E-state index in [0.717, 1.165) is 22.0 Å². The molecule has 3 aromatic rings. The highest BCUT2D eigenvalue weighted by Gasteiger charge is 2.11. The molecule has 1 N–H and O–H groups in total. The van der Waals surface area contributed by atoms with Crippen LogP contribution in [0.4, 0.5) is 5.13 Å². The van der Waals surface area contributed by atoms with Gasteiger partial charge in [0, 0.05) is 28.7 Å². The number of ether oxygens (including phenoxy) is 2. The lowest BCUT2D eigenvalue weighted by Crippen LogP contribution is -2.05. The van der Waals surface area contributed by atoms with Crippen LogP contribution in [-0.4, -0.2) is 12.1 Å². The lowest BCUT2D eigenvalue weighted by Gasteiger charge is -2.15. The number of nitrogens with zero attached hydrogens (tertiary/aromatic N) is 1. The van der Waals surface area contributed by atoms with Crippen molar-refractivity contribution in [2.45, 2.75) is 13.2 Å². The third-order valence-corrected chi connectivity index (χ3v) is 4.38. The van der Waals surface area contributed by atoms with Gasteiger partial charge in [0.05, 0.1) is 7.11 Å². The van der Waals surface area contributed by atoms with E-state index in [2.05, 4.69) is 10.3 Å². The first-order valence-corrected chi connectivity index (χ1v) is 8.68. The van der Waals surface area contributed by atoms with Crippen LogP contribution < -0.4 is 14.8 Å². The summed E-state index contributed by atoms with van der Waals surface area (Å²) in [5.41, 5.74) is 2.01. The number of thiazole rings is 1. The van der Waals surface area contributed by atoms with Crippen LogP contribution in [0.15, 0.2) is 54.0 Å². The minimum absolute atomic E-state index is 0.422. The van der Waals surface area contributed by atoms with Crippen molar-refractivity contribution in [2.24, 2.45) is 0 Å². The van der Waals surface area contributed by atoms with Crippen LogP contribution in [-0.2, 0) is 13.2 Å². The third-order valence-electron chi connectivity index (χ3n) is 3.41. The van der Waals surface area contributed by atoms with E-state index in [1.165, 1.54) is 0 Å². The monoisotopic (exact) mass is 360 g/mol. The lowest BCUT2D eigenvalue weighted by molar-refractivity contribution is 0.281. The fraction of sp³-hybridized carbons (Fsp3) is 0.167. The fourth-order valence-electron chi connectivity index (χ4n) is 2.29. The van der Waals surface area contributed by atoms with Crippen molar-refractivity contribution in [2.75, 3.05) is 12.4 Å². The maximum atomic E-state index is 6.03. The van der Waals surface area contributed by atoms with Gasteiger partial charge in [0.2, 0.25) is 0 Å². The Morgan fingerprint density at radius 2 is 2.08 bits per heavy atom. The number of anilines is 1. The number of halogens is 1. The van der Waals surface area contributed by atoms with Crippen LogP contribution in [0.25, 0.3) is 0 Å². The van der Waals surface area contributed by atoms with Crippen LogP contribution in [0.3, 0.4) is 0 Å². The second-order valence-electron chi connectivity index (χ2n) is 5.06. The zero-order valence-corrected chi connectivity index (χ0v) is 14.7. The molecule has 0 radical (unpaired) electrons. The van der Waals surface area contributed by atoms with E-state index in [-0.39, 0.29) is 0 Å². The fourth-order valence-corrected chi connectivity index (χ4v) is 3.03. The number of hydrogen-bond donors (Lipinski definition) is 1. The maximum absolute atomic E-state index is 6.03. The molecule has 0 aliphatic heterocycles. The number of hydrogen-bond acceptors (Lipinski definition) is 5. The van der Waals surface area contributed by atoms with Crippen molar-refractivity contribution in [1.82, 2.24) is 4.98 Å². The molecule has 0 amide bonds. The molecule has 0 spiro atoms. The van der Waals surface area contributed by atoms with E-state index in [1.54, 1.807) is 24.6 Å². The van der Waals surface area contributed by atoms with Gasteiger partial charge in [-0.3, -0.25) is 0 Å². The Kier molecular flexibility index (Phi) is 5.56. The molecule has 0 atom stereocenters. The molecule has 1 heterocycles. The van der Waals surface area contributed by atoms with Gasteiger partial charge in [-0.2, -0.15) is 0 Å². The van der Waals surface area contributed by atoms with Gasteiger partial charge in [-0.1, -0.05) is 35.9 Å². The zero-order valence-electron chi connectivity index (χ0n) is 13.2. The van der Waals surface area contributed by atoms with Crippen LogP contribution in [0.1, 0.15) is 11.1 Å². The topological polar surface area (TPSA) is 43.4 Å². The number of aromatic nitrogens is 1. The maximum Gasteiger partial charge on any atom is 0.182 e. The van der Waals surface area contributed by atoms with Crippen molar-refractivity contribution in [3.8, 4) is 11.5 Å².